The number of hydrogen-bond acceptors (Lipinski definition) is 2. The average molecular weight is 209 g/mol. The summed E-state index contributed by atoms with van der Waals surface area (Å²) in [5, 5.41) is 10.5. The van der Waals surface area contributed by atoms with Crippen LogP contribution < -0.4 is 56.7 Å². The van der Waals surface area contributed by atoms with E-state index in [9.17, 15) is 12.9 Å². The summed E-state index contributed by atoms with van der Waals surface area (Å²) in [5.74, 6) is 0. The number of hydrogen-bond donors (Lipinski definition) is 2. The third-order valence-corrected chi connectivity index (χ3v) is 1.14. The third-order valence-electron chi connectivity index (χ3n) is 1.14. The van der Waals surface area contributed by atoms with Crippen molar-refractivity contribution in [2.45, 2.75) is 12.8 Å². The predicted octanol–water partition coefficient (Wildman–Crippen LogP) is -2.26. The molecule has 2 nitrogen and oxygen atoms in total. The van der Waals surface area contributed by atoms with E-state index in [0.29, 0.717) is 19.4 Å². The second-order valence-corrected chi connectivity index (χ2v) is 2.35. The van der Waals surface area contributed by atoms with E-state index in [4.69, 9.17) is 5.11 Å². The predicted molar refractivity (Wildman–Crippen MR) is 38.3 cm³/mol. The van der Waals surface area contributed by atoms with Crippen LogP contribution in [0, 0.1) is 0 Å². The minimum atomic E-state index is -4.70. The van der Waals surface area contributed by atoms with E-state index in [2.05, 4.69) is 5.32 Å². The quantitative estimate of drug-likeness (QED) is 0.382. The fourth-order valence-electron chi connectivity index (χ4n) is 0.628. The molecular weight excluding hydrogens is 197 g/mol. The van der Waals surface area contributed by atoms with Crippen LogP contribution in [0.2, 0.25) is 0 Å². The number of nitrogens with one attached hydrogen (secondary N) is 1. The Kier molecular flexibility index (Phi) is 11.9. The molecule has 0 radical (unpaired) electrons. The Balaban J connectivity index is 0. The van der Waals surface area contributed by atoms with E-state index >= 15 is 0 Å². The van der Waals surface area contributed by atoms with Crippen LogP contribution in [-0.4, -0.2) is 31.7 Å². The molecule has 0 amide bonds. The molecule has 0 atom stereocenters. The van der Waals surface area contributed by atoms with Crippen LogP contribution >= 0.6 is 0 Å². The fourth-order valence-corrected chi connectivity index (χ4v) is 0.628. The topological polar surface area (TPSA) is 32.3 Å². The molecule has 0 aliphatic rings. The maximum Gasteiger partial charge on any atom is 1.00 e. The van der Waals surface area contributed by atoms with Crippen molar-refractivity contribution in [3.63, 3.8) is 0 Å². The van der Waals surface area contributed by atoms with Gasteiger partial charge in [-0.15, -0.1) is 0 Å². The normalized spacial score (nSPS) is 11.0. The van der Waals surface area contributed by atoms with Gasteiger partial charge in [0.15, 0.2) is 0 Å². The summed E-state index contributed by atoms with van der Waals surface area (Å²) in [5.41, 5.74) is 0. The van der Waals surface area contributed by atoms with Gasteiger partial charge in [-0.3, -0.25) is 0 Å². The first-order valence-corrected chi connectivity index (χ1v) is 3.59. The minimum absolute atomic E-state index is 0. The van der Waals surface area contributed by atoms with Crippen molar-refractivity contribution in [1.82, 2.24) is 5.32 Å². The molecule has 0 saturated heterocycles. The largest absolute Gasteiger partial charge is 1.00 e. The van der Waals surface area contributed by atoms with Crippen LogP contribution in [0.3, 0.4) is 0 Å². The summed E-state index contributed by atoms with van der Waals surface area (Å²) in [4.78, 5) is 0. The van der Waals surface area contributed by atoms with E-state index in [1.54, 1.807) is 0 Å². The summed E-state index contributed by atoms with van der Waals surface area (Å²) in [6.07, 6.45) is 0.256. The van der Waals surface area contributed by atoms with Crippen LogP contribution in [0.15, 0.2) is 0 Å². The van der Waals surface area contributed by atoms with Gasteiger partial charge in [-0.1, -0.05) is 0 Å². The van der Waals surface area contributed by atoms with E-state index < -0.39 is 13.4 Å². The van der Waals surface area contributed by atoms with Crippen molar-refractivity contribution in [3.8, 4) is 0 Å². The Morgan fingerprint density at radius 2 is 1.75 bits per heavy atom. The molecule has 0 unspecified atom stereocenters. The first-order valence-electron chi connectivity index (χ1n) is 3.59. The van der Waals surface area contributed by atoms with Crippen LogP contribution in [0.4, 0.5) is 12.9 Å². The Morgan fingerprint density at radius 1 is 1.17 bits per heavy atom. The van der Waals surface area contributed by atoms with Crippen molar-refractivity contribution in [3.05, 3.63) is 0 Å². The van der Waals surface area contributed by atoms with Gasteiger partial charge in [0.2, 0.25) is 0 Å². The molecule has 2 N–H and O–H groups in total. The van der Waals surface area contributed by atoms with Crippen molar-refractivity contribution in [2.75, 3.05) is 19.6 Å². The van der Waals surface area contributed by atoms with E-state index in [-0.39, 0.29) is 58.0 Å². The van der Waals surface area contributed by atoms with E-state index in [1.165, 1.54) is 0 Å². The smallest absolute Gasteiger partial charge is 0.448 e. The fraction of sp³-hybridized carbons (Fsp3) is 1.00. The molecule has 0 fully saturated rings. The van der Waals surface area contributed by atoms with Gasteiger partial charge in [0.25, 0.3) is 0 Å². The van der Waals surface area contributed by atoms with Gasteiger partial charge >= 0.3 is 58.4 Å². The van der Waals surface area contributed by atoms with Crippen LogP contribution in [0.5, 0.6) is 0 Å². The van der Waals surface area contributed by atoms with Crippen molar-refractivity contribution in [2.24, 2.45) is 0 Å². The Morgan fingerprint density at radius 3 is 2.17 bits per heavy atom. The standard InChI is InChI=1S/C5H12BF3NO.K/c7-6(8,9)5-10-3-1-2-4-11;/h10-11H,1-5H2;/q-1;+1. The van der Waals surface area contributed by atoms with Crippen LogP contribution in [-0.2, 0) is 0 Å². The maximum absolute atomic E-state index is 11.5. The molecule has 0 aromatic heterocycles. The third kappa shape index (κ3) is 14.0. The second kappa shape index (κ2) is 8.99. The van der Waals surface area contributed by atoms with Gasteiger partial charge in [0.1, 0.15) is 0 Å². The SMILES string of the molecule is OCCCCNC[B-](F)(F)F.[K+]. The van der Waals surface area contributed by atoms with Crippen molar-refractivity contribution >= 4 is 6.98 Å². The minimum Gasteiger partial charge on any atom is -0.448 e. The first kappa shape index (κ1) is 15.9. The second-order valence-electron chi connectivity index (χ2n) is 2.35. The van der Waals surface area contributed by atoms with Gasteiger partial charge in [0.05, 0.1) is 0 Å². The molecule has 7 heteroatoms. The first-order chi connectivity index (χ1) is 5.06. The van der Waals surface area contributed by atoms with Crippen LogP contribution in [0.25, 0.3) is 0 Å². The van der Waals surface area contributed by atoms with Gasteiger partial charge in [-0.25, -0.2) is 0 Å². The van der Waals surface area contributed by atoms with Crippen molar-refractivity contribution < 1.29 is 69.4 Å². The average Bonchev–Trinajstić information content (AvgIpc) is 1.85. The summed E-state index contributed by atoms with van der Waals surface area (Å²) >= 11 is 0. The summed E-state index contributed by atoms with van der Waals surface area (Å²) in [6, 6.07) is 0. The van der Waals surface area contributed by atoms with Gasteiger partial charge < -0.3 is 23.4 Å². The zero-order valence-corrected chi connectivity index (χ0v) is 10.3. The monoisotopic (exact) mass is 209 g/mol. The summed E-state index contributed by atoms with van der Waals surface area (Å²) in [6.45, 7) is -4.33. The molecule has 0 aliphatic heterocycles. The zero-order chi connectivity index (χ0) is 8.74. The number of aliphatic hydroxyl groups excluding tert-OH is 1. The molecule has 0 heterocycles. The molecular formula is C5H12BF3KNO. The molecule has 0 spiro atoms. The zero-order valence-electron chi connectivity index (χ0n) is 7.19. The summed E-state index contributed by atoms with van der Waals surface area (Å²) < 4.78 is 34.5. The van der Waals surface area contributed by atoms with E-state index in [0.717, 1.165) is 0 Å². The number of aliphatic hydroxyl groups is 1. The molecule has 0 aliphatic carbocycles. The van der Waals surface area contributed by atoms with Crippen molar-refractivity contribution in [1.29, 1.82) is 0 Å². The number of halogens is 3. The molecule has 0 saturated carbocycles. The summed E-state index contributed by atoms with van der Waals surface area (Å²) in [7, 11) is 0. The molecule has 12 heavy (non-hydrogen) atoms. The van der Waals surface area contributed by atoms with Gasteiger partial charge in [-0.05, 0) is 25.8 Å². The number of rotatable bonds is 6. The molecule has 0 bridgehead atoms. The van der Waals surface area contributed by atoms with E-state index in [1.807, 2.05) is 0 Å². The number of unbranched alkanes of at least 4 members (excludes halogenated alkanes) is 1. The van der Waals surface area contributed by atoms with Gasteiger partial charge in [-0.2, -0.15) is 0 Å². The van der Waals surface area contributed by atoms with Crippen LogP contribution in [0.1, 0.15) is 12.8 Å². The molecule has 0 rings (SSSR count). The molecule has 68 valence electrons. The Bertz CT molecular complexity index is 103. The Hall–Kier alpha value is 1.41. The Labute approximate surface area is 113 Å². The molecule has 0 aromatic rings. The molecule has 0 aromatic carbocycles. The maximum atomic E-state index is 11.5. The van der Waals surface area contributed by atoms with Gasteiger partial charge in [0, 0.05) is 6.61 Å².